The van der Waals surface area contributed by atoms with E-state index in [1.54, 1.807) is 39.0 Å². The number of rotatable bonds is 7. The fourth-order valence-corrected chi connectivity index (χ4v) is 1.86. The molecule has 0 saturated carbocycles. The highest BCUT2D eigenvalue weighted by molar-refractivity contribution is 6.30. The Morgan fingerprint density at radius 2 is 2.09 bits per heavy atom. The van der Waals surface area contributed by atoms with Gasteiger partial charge in [-0.25, -0.2) is 5.43 Å². The number of nitrogens with one attached hydrogen (secondary N) is 1. The fourth-order valence-electron chi connectivity index (χ4n) is 1.64. The molecule has 126 valence electrons. The monoisotopic (exact) mass is 340 g/mol. The third kappa shape index (κ3) is 6.28. The maximum atomic E-state index is 11.7. The standard InChI is InChI=1S/C16H21ClN2O4/c1-5-22-16(21)11(3)12(4)18-19-15(20)9-23-14-7-6-13(17)8-10(14)2/h6-8,11H,5,9H2,1-4H3,(H,19,20). The second-order valence-corrected chi connectivity index (χ2v) is 5.40. The number of hydrogen-bond donors (Lipinski definition) is 1. The number of hydrazone groups is 1. The number of esters is 1. The molecule has 1 atom stereocenters. The number of aryl methyl sites for hydroxylation is 1. The first-order chi connectivity index (χ1) is 10.8. The van der Waals surface area contributed by atoms with Crippen molar-refractivity contribution < 1.29 is 19.1 Å². The van der Waals surface area contributed by atoms with Crippen LogP contribution in [0.15, 0.2) is 23.3 Å². The van der Waals surface area contributed by atoms with Gasteiger partial charge in [-0.1, -0.05) is 11.6 Å². The maximum absolute atomic E-state index is 11.7. The largest absolute Gasteiger partial charge is 0.483 e. The molecule has 0 aliphatic carbocycles. The molecule has 1 N–H and O–H groups in total. The average molecular weight is 341 g/mol. The van der Waals surface area contributed by atoms with Crippen LogP contribution in [-0.2, 0) is 14.3 Å². The Morgan fingerprint density at radius 1 is 1.39 bits per heavy atom. The highest BCUT2D eigenvalue weighted by Crippen LogP contribution is 2.21. The van der Waals surface area contributed by atoms with E-state index in [-0.39, 0.29) is 12.6 Å². The van der Waals surface area contributed by atoms with E-state index in [4.69, 9.17) is 21.1 Å². The molecule has 1 aromatic carbocycles. The summed E-state index contributed by atoms with van der Waals surface area (Å²) in [6, 6.07) is 5.13. The number of halogens is 1. The SMILES string of the molecule is CCOC(=O)C(C)C(C)=NNC(=O)COc1ccc(Cl)cc1C. The molecule has 0 heterocycles. The Morgan fingerprint density at radius 3 is 2.70 bits per heavy atom. The molecule has 0 fully saturated rings. The van der Waals surface area contributed by atoms with E-state index in [0.29, 0.717) is 23.1 Å². The van der Waals surface area contributed by atoms with E-state index in [9.17, 15) is 9.59 Å². The van der Waals surface area contributed by atoms with Gasteiger partial charge in [0.2, 0.25) is 0 Å². The summed E-state index contributed by atoms with van der Waals surface area (Å²) in [6.45, 7) is 6.99. The summed E-state index contributed by atoms with van der Waals surface area (Å²) in [6.07, 6.45) is 0. The van der Waals surface area contributed by atoms with Crippen LogP contribution < -0.4 is 10.2 Å². The van der Waals surface area contributed by atoms with Crippen LogP contribution >= 0.6 is 11.6 Å². The van der Waals surface area contributed by atoms with Crippen molar-refractivity contribution in [2.75, 3.05) is 13.2 Å². The molecule has 1 amide bonds. The molecule has 23 heavy (non-hydrogen) atoms. The van der Waals surface area contributed by atoms with Crippen LogP contribution in [0.1, 0.15) is 26.3 Å². The van der Waals surface area contributed by atoms with Crippen molar-refractivity contribution in [2.24, 2.45) is 11.0 Å². The number of nitrogens with zero attached hydrogens (tertiary/aromatic N) is 1. The van der Waals surface area contributed by atoms with Crippen LogP contribution in [0.3, 0.4) is 0 Å². The van der Waals surface area contributed by atoms with Crippen molar-refractivity contribution in [3.05, 3.63) is 28.8 Å². The number of benzene rings is 1. The minimum Gasteiger partial charge on any atom is -0.483 e. The topological polar surface area (TPSA) is 77.0 Å². The molecular weight excluding hydrogens is 320 g/mol. The molecule has 6 nitrogen and oxygen atoms in total. The summed E-state index contributed by atoms with van der Waals surface area (Å²) < 4.78 is 10.3. The van der Waals surface area contributed by atoms with E-state index in [1.807, 2.05) is 6.92 Å². The van der Waals surface area contributed by atoms with Crippen molar-refractivity contribution in [2.45, 2.75) is 27.7 Å². The smallest absolute Gasteiger partial charge is 0.314 e. The van der Waals surface area contributed by atoms with Gasteiger partial charge in [0, 0.05) is 10.7 Å². The van der Waals surface area contributed by atoms with Crippen LogP contribution in [-0.4, -0.2) is 30.8 Å². The third-order valence-corrected chi connectivity index (χ3v) is 3.35. The number of carbonyl (C=O) groups is 2. The lowest BCUT2D eigenvalue weighted by molar-refractivity contribution is -0.145. The van der Waals surface area contributed by atoms with Crippen LogP contribution in [0.4, 0.5) is 0 Å². The first-order valence-corrected chi connectivity index (χ1v) is 7.61. The lowest BCUT2D eigenvalue weighted by Gasteiger charge is -2.11. The van der Waals surface area contributed by atoms with E-state index in [2.05, 4.69) is 10.5 Å². The number of carbonyl (C=O) groups excluding carboxylic acids is 2. The Kier molecular flexibility index (Phi) is 7.54. The summed E-state index contributed by atoms with van der Waals surface area (Å²) in [7, 11) is 0. The number of amides is 1. The van der Waals surface area contributed by atoms with E-state index < -0.39 is 11.8 Å². The molecular formula is C16H21ClN2O4. The van der Waals surface area contributed by atoms with Gasteiger partial charge in [0.05, 0.1) is 12.5 Å². The van der Waals surface area contributed by atoms with E-state index >= 15 is 0 Å². The number of hydrogen-bond acceptors (Lipinski definition) is 5. The molecule has 0 aliphatic heterocycles. The van der Waals surface area contributed by atoms with Gasteiger partial charge in [-0.05, 0) is 51.5 Å². The predicted octanol–water partition coefficient (Wildman–Crippen LogP) is 2.72. The molecule has 7 heteroatoms. The van der Waals surface area contributed by atoms with Gasteiger partial charge >= 0.3 is 5.97 Å². The van der Waals surface area contributed by atoms with Gasteiger partial charge < -0.3 is 9.47 Å². The van der Waals surface area contributed by atoms with Crippen LogP contribution in [0, 0.1) is 12.8 Å². The minimum absolute atomic E-state index is 0.187. The zero-order chi connectivity index (χ0) is 17.4. The van der Waals surface area contributed by atoms with Gasteiger partial charge in [0.1, 0.15) is 5.75 Å². The quantitative estimate of drug-likeness (QED) is 0.470. The molecule has 0 saturated heterocycles. The Bertz CT molecular complexity index is 602. The van der Waals surface area contributed by atoms with Crippen LogP contribution in [0.2, 0.25) is 5.02 Å². The number of ether oxygens (including phenoxy) is 2. The van der Waals surface area contributed by atoms with Gasteiger partial charge in [-0.15, -0.1) is 0 Å². The maximum Gasteiger partial charge on any atom is 0.314 e. The Labute approximate surface area is 140 Å². The van der Waals surface area contributed by atoms with Crippen molar-refractivity contribution in [3.63, 3.8) is 0 Å². The van der Waals surface area contributed by atoms with Crippen LogP contribution in [0.25, 0.3) is 0 Å². The van der Waals surface area contributed by atoms with Crippen molar-refractivity contribution >= 4 is 29.2 Å². The zero-order valence-corrected chi connectivity index (χ0v) is 14.4. The van der Waals surface area contributed by atoms with Gasteiger partial charge in [0.15, 0.2) is 6.61 Å². The molecule has 0 spiro atoms. The first kappa shape index (κ1) is 19.0. The second kappa shape index (κ2) is 9.15. The lowest BCUT2D eigenvalue weighted by Crippen LogP contribution is -2.28. The third-order valence-electron chi connectivity index (χ3n) is 3.12. The van der Waals surface area contributed by atoms with Crippen molar-refractivity contribution in [1.82, 2.24) is 5.43 Å². The summed E-state index contributed by atoms with van der Waals surface area (Å²) in [5.41, 5.74) is 3.64. The summed E-state index contributed by atoms with van der Waals surface area (Å²) >= 11 is 5.85. The van der Waals surface area contributed by atoms with E-state index in [0.717, 1.165) is 5.56 Å². The van der Waals surface area contributed by atoms with Crippen molar-refractivity contribution in [1.29, 1.82) is 0 Å². The molecule has 0 bridgehead atoms. The van der Waals surface area contributed by atoms with Gasteiger partial charge in [0.25, 0.3) is 5.91 Å². The van der Waals surface area contributed by atoms with Gasteiger partial charge in [-0.2, -0.15) is 5.10 Å². The molecule has 1 unspecified atom stereocenters. The summed E-state index contributed by atoms with van der Waals surface area (Å²) in [4.78, 5) is 23.3. The first-order valence-electron chi connectivity index (χ1n) is 7.23. The zero-order valence-electron chi connectivity index (χ0n) is 13.7. The molecule has 0 aromatic heterocycles. The van der Waals surface area contributed by atoms with Crippen molar-refractivity contribution in [3.8, 4) is 5.75 Å². The highest BCUT2D eigenvalue weighted by atomic mass is 35.5. The predicted molar refractivity (Wildman–Crippen MR) is 88.7 cm³/mol. The molecule has 1 aromatic rings. The normalized spacial score (nSPS) is 12.5. The molecule has 1 rings (SSSR count). The molecule has 0 radical (unpaired) electrons. The van der Waals surface area contributed by atoms with E-state index in [1.165, 1.54) is 0 Å². The fraction of sp³-hybridized carbons (Fsp3) is 0.438. The average Bonchev–Trinajstić information content (AvgIpc) is 2.51. The van der Waals surface area contributed by atoms with Crippen LogP contribution in [0.5, 0.6) is 5.75 Å². The second-order valence-electron chi connectivity index (χ2n) is 4.96. The minimum atomic E-state index is -0.519. The Hall–Kier alpha value is -2.08. The molecule has 0 aliphatic rings. The Balaban J connectivity index is 2.50. The lowest BCUT2D eigenvalue weighted by atomic mass is 10.1. The summed E-state index contributed by atoms with van der Waals surface area (Å²) in [5, 5.41) is 4.50. The highest BCUT2D eigenvalue weighted by Gasteiger charge is 2.17. The van der Waals surface area contributed by atoms with Gasteiger partial charge in [-0.3, -0.25) is 9.59 Å². The summed E-state index contributed by atoms with van der Waals surface area (Å²) in [5.74, 6) is -0.745.